The van der Waals surface area contributed by atoms with E-state index in [1.807, 2.05) is 0 Å². The summed E-state index contributed by atoms with van der Waals surface area (Å²) in [4.78, 5) is 0. The molecular weight excluding hydrogens is 245 g/mol. The summed E-state index contributed by atoms with van der Waals surface area (Å²) in [5, 5.41) is 1.18. The van der Waals surface area contributed by atoms with Gasteiger partial charge in [-0.2, -0.15) is 0 Å². The lowest BCUT2D eigenvalue weighted by Gasteiger charge is -2.08. The standard InChI is InChI=1S/C12H9Cl2NO/c13-8-1-4-10(5-2-8)16-12-7-9(15)3-6-11(12)14/h1-7H,15H2. The highest BCUT2D eigenvalue weighted by Gasteiger charge is 2.03. The SMILES string of the molecule is Nc1ccc(Cl)c(Oc2ccc(Cl)cc2)c1. The van der Waals surface area contributed by atoms with Gasteiger partial charge in [-0.05, 0) is 36.4 Å². The van der Waals surface area contributed by atoms with Crippen molar-refractivity contribution in [3.8, 4) is 11.5 Å². The van der Waals surface area contributed by atoms with Gasteiger partial charge in [0.2, 0.25) is 0 Å². The first-order valence-electron chi connectivity index (χ1n) is 4.63. The maximum atomic E-state index is 5.97. The smallest absolute Gasteiger partial charge is 0.148 e. The summed E-state index contributed by atoms with van der Waals surface area (Å²) < 4.78 is 5.57. The number of nitrogen functional groups attached to an aromatic ring is 1. The van der Waals surface area contributed by atoms with E-state index < -0.39 is 0 Å². The van der Waals surface area contributed by atoms with Gasteiger partial charge >= 0.3 is 0 Å². The molecule has 0 bridgehead atoms. The second-order valence-electron chi connectivity index (χ2n) is 3.25. The highest BCUT2D eigenvalue weighted by Crippen LogP contribution is 2.31. The molecule has 2 N–H and O–H groups in total. The number of nitrogens with two attached hydrogens (primary N) is 1. The van der Waals surface area contributed by atoms with E-state index in [4.69, 9.17) is 33.7 Å². The van der Waals surface area contributed by atoms with Crippen LogP contribution in [0.15, 0.2) is 42.5 Å². The molecule has 2 rings (SSSR count). The van der Waals surface area contributed by atoms with E-state index in [1.165, 1.54) is 0 Å². The average molecular weight is 254 g/mol. The van der Waals surface area contributed by atoms with Gasteiger partial charge in [0, 0.05) is 16.8 Å². The highest BCUT2D eigenvalue weighted by atomic mass is 35.5. The molecule has 16 heavy (non-hydrogen) atoms. The summed E-state index contributed by atoms with van der Waals surface area (Å²) in [7, 11) is 0. The molecule has 0 amide bonds. The van der Waals surface area contributed by atoms with Crippen LogP contribution in [0.25, 0.3) is 0 Å². The second kappa shape index (κ2) is 4.64. The average Bonchev–Trinajstić information content (AvgIpc) is 2.27. The molecule has 2 aromatic rings. The largest absolute Gasteiger partial charge is 0.456 e. The van der Waals surface area contributed by atoms with Crippen LogP contribution in [-0.2, 0) is 0 Å². The molecule has 0 radical (unpaired) electrons. The number of ether oxygens (including phenoxy) is 1. The Morgan fingerprint density at radius 1 is 0.938 bits per heavy atom. The Labute approximate surface area is 104 Å². The summed E-state index contributed by atoms with van der Waals surface area (Å²) in [5.74, 6) is 1.20. The highest BCUT2D eigenvalue weighted by molar-refractivity contribution is 6.32. The lowest BCUT2D eigenvalue weighted by molar-refractivity contribution is 0.483. The molecule has 0 aliphatic carbocycles. The van der Waals surface area contributed by atoms with Gasteiger partial charge in [-0.3, -0.25) is 0 Å². The molecular formula is C12H9Cl2NO. The summed E-state index contributed by atoms with van der Waals surface area (Å²) in [6.45, 7) is 0. The van der Waals surface area contributed by atoms with Gasteiger partial charge in [-0.15, -0.1) is 0 Å². The molecule has 0 saturated carbocycles. The number of rotatable bonds is 2. The minimum Gasteiger partial charge on any atom is -0.456 e. The Kier molecular flexibility index (Phi) is 3.22. The van der Waals surface area contributed by atoms with Crippen molar-refractivity contribution in [3.05, 3.63) is 52.5 Å². The van der Waals surface area contributed by atoms with Gasteiger partial charge in [-0.25, -0.2) is 0 Å². The molecule has 2 nitrogen and oxygen atoms in total. The zero-order valence-electron chi connectivity index (χ0n) is 8.28. The molecule has 82 valence electrons. The van der Waals surface area contributed by atoms with E-state index in [1.54, 1.807) is 42.5 Å². The van der Waals surface area contributed by atoms with E-state index in [0.717, 1.165) is 0 Å². The Hall–Kier alpha value is -1.38. The van der Waals surface area contributed by atoms with E-state index in [2.05, 4.69) is 0 Å². The summed E-state index contributed by atoms with van der Waals surface area (Å²) >= 11 is 11.7. The van der Waals surface area contributed by atoms with Crippen LogP contribution in [0.1, 0.15) is 0 Å². The van der Waals surface area contributed by atoms with E-state index >= 15 is 0 Å². The second-order valence-corrected chi connectivity index (χ2v) is 4.09. The summed E-state index contributed by atoms with van der Waals surface area (Å²) in [6, 6.07) is 12.1. The van der Waals surface area contributed by atoms with E-state index in [0.29, 0.717) is 27.2 Å². The normalized spacial score (nSPS) is 10.1. The van der Waals surface area contributed by atoms with E-state index in [9.17, 15) is 0 Å². The van der Waals surface area contributed by atoms with Crippen molar-refractivity contribution in [1.29, 1.82) is 0 Å². The topological polar surface area (TPSA) is 35.2 Å². The van der Waals surface area contributed by atoms with Gasteiger partial charge in [0.05, 0.1) is 5.02 Å². The number of anilines is 1. The number of benzene rings is 2. The molecule has 0 unspecified atom stereocenters. The molecule has 4 heteroatoms. The maximum absolute atomic E-state index is 5.97. The quantitative estimate of drug-likeness (QED) is 0.807. The Balaban J connectivity index is 2.26. The molecule has 0 aliphatic heterocycles. The monoisotopic (exact) mass is 253 g/mol. The van der Waals surface area contributed by atoms with Crippen molar-refractivity contribution in [1.82, 2.24) is 0 Å². The zero-order chi connectivity index (χ0) is 11.5. The van der Waals surface area contributed by atoms with Gasteiger partial charge in [0.25, 0.3) is 0 Å². The molecule has 0 atom stereocenters. The van der Waals surface area contributed by atoms with Crippen LogP contribution in [0.4, 0.5) is 5.69 Å². The van der Waals surface area contributed by atoms with Crippen molar-refractivity contribution >= 4 is 28.9 Å². The number of hydrogen-bond acceptors (Lipinski definition) is 2. The minimum absolute atomic E-state index is 0.518. The van der Waals surface area contributed by atoms with Gasteiger partial charge in [-0.1, -0.05) is 23.2 Å². The first-order chi connectivity index (χ1) is 7.65. The summed E-state index contributed by atoms with van der Waals surface area (Å²) in [5.41, 5.74) is 6.25. The number of hydrogen-bond donors (Lipinski definition) is 1. The van der Waals surface area contributed by atoms with Crippen molar-refractivity contribution < 1.29 is 4.74 Å². The van der Waals surface area contributed by atoms with Crippen molar-refractivity contribution in [2.24, 2.45) is 0 Å². The minimum atomic E-state index is 0.518. The van der Waals surface area contributed by atoms with Crippen LogP contribution in [-0.4, -0.2) is 0 Å². The van der Waals surface area contributed by atoms with Crippen LogP contribution < -0.4 is 10.5 Å². The molecule has 0 aliphatic rings. The predicted octanol–water partition coefficient (Wildman–Crippen LogP) is 4.37. The molecule has 2 aromatic carbocycles. The van der Waals surface area contributed by atoms with Crippen LogP contribution in [0.5, 0.6) is 11.5 Å². The van der Waals surface area contributed by atoms with Crippen molar-refractivity contribution in [3.63, 3.8) is 0 Å². The van der Waals surface area contributed by atoms with Crippen LogP contribution >= 0.6 is 23.2 Å². The lowest BCUT2D eigenvalue weighted by Crippen LogP contribution is -1.88. The molecule has 0 fully saturated rings. The first-order valence-corrected chi connectivity index (χ1v) is 5.39. The van der Waals surface area contributed by atoms with Crippen LogP contribution in [0.2, 0.25) is 10.0 Å². The molecule has 0 aromatic heterocycles. The molecule has 0 heterocycles. The van der Waals surface area contributed by atoms with Crippen LogP contribution in [0.3, 0.4) is 0 Å². The first kappa shape index (κ1) is 11.1. The fraction of sp³-hybridized carbons (Fsp3) is 0. The maximum Gasteiger partial charge on any atom is 0.148 e. The summed E-state index contributed by atoms with van der Waals surface area (Å²) in [6.07, 6.45) is 0. The molecule has 0 saturated heterocycles. The fourth-order valence-corrected chi connectivity index (χ4v) is 1.51. The van der Waals surface area contributed by atoms with E-state index in [-0.39, 0.29) is 0 Å². The van der Waals surface area contributed by atoms with Crippen molar-refractivity contribution in [2.45, 2.75) is 0 Å². The van der Waals surface area contributed by atoms with Crippen LogP contribution in [0, 0.1) is 0 Å². The third-order valence-corrected chi connectivity index (χ3v) is 2.56. The van der Waals surface area contributed by atoms with Gasteiger partial charge in [0.15, 0.2) is 0 Å². The van der Waals surface area contributed by atoms with Crippen molar-refractivity contribution in [2.75, 3.05) is 5.73 Å². The molecule has 0 spiro atoms. The van der Waals surface area contributed by atoms with Gasteiger partial charge in [0.1, 0.15) is 11.5 Å². The Bertz CT molecular complexity index is 497. The predicted molar refractivity (Wildman–Crippen MR) is 67.4 cm³/mol. The number of halogens is 2. The van der Waals surface area contributed by atoms with Gasteiger partial charge < -0.3 is 10.5 Å². The lowest BCUT2D eigenvalue weighted by atomic mass is 10.3. The Morgan fingerprint density at radius 3 is 2.31 bits per heavy atom. The third-order valence-electron chi connectivity index (χ3n) is 2.00. The Morgan fingerprint density at radius 2 is 1.62 bits per heavy atom. The fourth-order valence-electron chi connectivity index (χ4n) is 1.23. The zero-order valence-corrected chi connectivity index (χ0v) is 9.79. The third kappa shape index (κ3) is 2.60.